The Kier molecular flexibility index (Phi) is 6.19. The van der Waals surface area contributed by atoms with Crippen molar-refractivity contribution in [2.45, 2.75) is 31.9 Å². The first-order valence-corrected chi connectivity index (χ1v) is 8.97. The Bertz CT molecular complexity index is 839. The lowest BCUT2D eigenvalue weighted by atomic mass is 10.0. The lowest BCUT2D eigenvalue weighted by molar-refractivity contribution is -0.149. The standard InChI is InChI=1S/C18H23N5O5/c1-12-19-20-21-23(12)16(9-13-4-3-5-14(8-13)27-2)18(26)22-6-7-28-15(11-22)10-17(24)25/h3-5,8,15-16H,6-7,9-11H2,1-2H3,(H,24,25). The van der Waals surface area contributed by atoms with Crippen LogP contribution in [0.5, 0.6) is 5.75 Å². The molecule has 2 unspecified atom stereocenters. The minimum Gasteiger partial charge on any atom is -0.497 e. The molecule has 0 spiro atoms. The van der Waals surface area contributed by atoms with Gasteiger partial charge in [0, 0.05) is 19.5 Å². The second kappa shape index (κ2) is 8.79. The number of tetrazole rings is 1. The second-order valence-electron chi connectivity index (χ2n) is 6.62. The number of hydrogen-bond donors (Lipinski definition) is 1. The largest absolute Gasteiger partial charge is 0.497 e. The highest BCUT2D eigenvalue weighted by molar-refractivity contribution is 5.81. The fraction of sp³-hybridized carbons (Fsp3) is 0.500. The van der Waals surface area contributed by atoms with Gasteiger partial charge in [0.05, 0.1) is 26.2 Å². The van der Waals surface area contributed by atoms with E-state index in [0.717, 1.165) is 5.56 Å². The van der Waals surface area contributed by atoms with Crippen molar-refractivity contribution in [3.8, 4) is 5.75 Å². The van der Waals surface area contributed by atoms with Crippen LogP contribution in [0.15, 0.2) is 24.3 Å². The molecule has 1 N–H and O–H groups in total. The number of benzene rings is 1. The van der Waals surface area contributed by atoms with E-state index in [1.54, 1.807) is 18.9 Å². The van der Waals surface area contributed by atoms with E-state index in [4.69, 9.17) is 14.6 Å². The summed E-state index contributed by atoms with van der Waals surface area (Å²) in [6, 6.07) is 6.83. The van der Waals surface area contributed by atoms with Crippen molar-refractivity contribution in [3.05, 3.63) is 35.7 Å². The fourth-order valence-corrected chi connectivity index (χ4v) is 3.28. The number of carbonyl (C=O) groups excluding carboxylic acids is 1. The van der Waals surface area contributed by atoms with E-state index in [2.05, 4.69) is 15.5 Å². The Balaban J connectivity index is 1.83. The summed E-state index contributed by atoms with van der Waals surface area (Å²) in [7, 11) is 1.59. The molecule has 0 bridgehead atoms. The molecule has 1 amide bonds. The molecule has 1 aliphatic heterocycles. The van der Waals surface area contributed by atoms with Crippen LogP contribution in [0.4, 0.5) is 0 Å². The smallest absolute Gasteiger partial charge is 0.306 e. The number of methoxy groups -OCH3 is 1. The number of aliphatic carboxylic acids is 1. The summed E-state index contributed by atoms with van der Waals surface area (Å²) in [5.41, 5.74) is 0.906. The van der Waals surface area contributed by atoms with Crippen LogP contribution in [0.25, 0.3) is 0 Å². The van der Waals surface area contributed by atoms with E-state index >= 15 is 0 Å². The summed E-state index contributed by atoms with van der Waals surface area (Å²) in [4.78, 5) is 25.9. The van der Waals surface area contributed by atoms with Gasteiger partial charge >= 0.3 is 5.97 Å². The van der Waals surface area contributed by atoms with E-state index in [1.807, 2.05) is 24.3 Å². The van der Waals surface area contributed by atoms with Crippen molar-refractivity contribution < 1.29 is 24.2 Å². The average molecular weight is 389 g/mol. The van der Waals surface area contributed by atoms with Crippen molar-refractivity contribution in [2.24, 2.45) is 0 Å². The number of morpholine rings is 1. The Morgan fingerprint density at radius 1 is 1.43 bits per heavy atom. The van der Waals surface area contributed by atoms with Crippen LogP contribution in [0.3, 0.4) is 0 Å². The lowest BCUT2D eigenvalue weighted by Gasteiger charge is -2.34. The van der Waals surface area contributed by atoms with Gasteiger partial charge in [-0.05, 0) is 35.0 Å². The SMILES string of the molecule is COc1cccc(CC(C(=O)N2CCOC(CC(=O)O)C2)n2nnnc2C)c1. The number of ether oxygens (including phenoxy) is 2. The maximum Gasteiger partial charge on any atom is 0.306 e. The third-order valence-corrected chi connectivity index (χ3v) is 4.65. The van der Waals surface area contributed by atoms with E-state index in [1.165, 1.54) is 4.68 Å². The topological polar surface area (TPSA) is 120 Å². The van der Waals surface area contributed by atoms with Crippen molar-refractivity contribution in [1.29, 1.82) is 0 Å². The predicted molar refractivity (Wildman–Crippen MR) is 96.9 cm³/mol. The zero-order chi connectivity index (χ0) is 20.1. The molecule has 1 saturated heterocycles. The summed E-state index contributed by atoms with van der Waals surface area (Å²) in [5.74, 6) is 0.0991. The fourth-order valence-electron chi connectivity index (χ4n) is 3.28. The van der Waals surface area contributed by atoms with Crippen molar-refractivity contribution in [1.82, 2.24) is 25.1 Å². The van der Waals surface area contributed by atoms with Gasteiger partial charge in [0.1, 0.15) is 17.6 Å². The zero-order valence-corrected chi connectivity index (χ0v) is 15.8. The monoisotopic (exact) mass is 389 g/mol. The van der Waals surface area contributed by atoms with Crippen LogP contribution in [-0.2, 0) is 20.7 Å². The number of carbonyl (C=O) groups is 2. The Morgan fingerprint density at radius 3 is 2.93 bits per heavy atom. The molecule has 28 heavy (non-hydrogen) atoms. The maximum absolute atomic E-state index is 13.3. The molecule has 1 aromatic heterocycles. The molecule has 1 aromatic carbocycles. The van der Waals surface area contributed by atoms with Gasteiger partial charge in [-0.15, -0.1) is 5.10 Å². The van der Waals surface area contributed by atoms with Gasteiger partial charge < -0.3 is 19.5 Å². The van der Waals surface area contributed by atoms with E-state index in [0.29, 0.717) is 31.1 Å². The number of amides is 1. The van der Waals surface area contributed by atoms with Crippen molar-refractivity contribution >= 4 is 11.9 Å². The highest BCUT2D eigenvalue weighted by Gasteiger charge is 2.33. The minimum absolute atomic E-state index is 0.145. The quantitative estimate of drug-likeness (QED) is 0.726. The molecular formula is C18H23N5O5. The van der Waals surface area contributed by atoms with E-state index in [9.17, 15) is 9.59 Å². The minimum atomic E-state index is -0.955. The highest BCUT2D eigenvalue weighted by atomic mass is 16.5. The van der Waals surface area contributed by atoms with Crippen molar-refractivity contribution in [2.75, 3.05) is 26.8 Å². The normalized spacial score (nSPS) is 17.9. The number of carboxylic acid groups (broad SMARTS) is 1. The Hall–Kier alpha value is -3.01. The molecule has 2 atom stereocenters. The van der Waals surface area contributed by atoms with Crippen LogP contribution in [0.2, 0.25) is 0 Å². The van der Waals surface area contributed by atoms with Crippen LogP contribution < -0.4 is 4.74 Å². The summed E-state index contributed by atoms with van der Waals surface area (Å²) < 4.78 is 12.2. The third kappa shape index (κ3) is 4.63. The molecule has 0 aliphatic carbocycles. The number of carboxylic acids is 1. The molecule has 2 heterocycles. The number of aromatic nitrogens is 4. The third-order valence-electron chi connectivity index (χ3n) is 4.65. The Labute approximate surface area is 162 Å². The van der Waals surface area contributed by atoms with Crippen LogP contribution in [0.1, 0.15) is 23.9 Å². The average Bonchev–Trinajstić information content (AvgIpc) is 3.11. The van der Waals surface area contributed by atoms with Crippen LogP contribution in [0, 0.1) is 6.92 Å². The lowest BCUT2D eigenvalue weighted by Crippen LogP contribution is -2.49. The zero-order valence-electron chi connectivity index (χ0n) is 15.8. The number of nitrogens with zero attached hydrogens (tertiary/aromatic N) is 5. The molecule has 0 saturated carbocycles. The number of rotatable bonds is 7. The first-order chi connectivity index (χ1) is 13.5. The molecule has 0 radical (unpaired) electrons. The van der Waals surface area contributed by atoms with Gasteiger partial charge in [-0.3, -0.25) is 9.59 Å². The van der Waals surface area contributed by atoms with Gasteiger partial charge in [-0.25, -0.2) is 4.68 Å². The van der Waals surface area contributed by atoms with Gasteiger partial charge in [-0.2, -0.15) is 0 Å². The summed E-state index contributed by atoms with van der Waals surface area (Å²) in [6.07, 6.45) is -0.292. The molecule has 150 valence electrons. The Morgan fingerprint density at radius 2 is 2.25 bits per heavy atom. The maximum atomic E-state index is 13.3. The van der Waals surface area contributed by atoms with Gasteiger partial charge in [-0.1, -0.05) is 12.1 Å². The molecule has 10 heteroatoms. The van der Waals surface area contributed by atoms with E-state index in [-0.39, 0.29) is 18.9 Å². The highest BCUT2D eigenvalue weighted by Crippen LogP contribution is 2.22. The first-order valence-electron chi connectivity index (χ1n) is 8.97. The van der Waals surface area contributed by atoms with E-state index < -0.39 is 18.1 Å². The summed E-state index contributed by atoms with van der Waals surface area (Å²) in [6.45, 7) is 2.65. The van der Waals surface area contributed by atoms with Gasteiger partial charge in [0.25, 0.3) is 0 Å². The van der Waals surface area contributed by atoms with Crippen LogP contribution in [-0.4, -0.2) is 75.0 Å². The van der Waals surface area contributed by atoms with Crippen molar-refractivity contribution in [3.63, 3.8) is 0 Å². The predicted octanol–water partition coefficient (Wildman–Crippen LogP) is 0.476. The molecule has 1 aliphatic rings. The number of aryl methyl sites for hydroxylation is 1. The first kappa shape index (κ1) is 19.7. The molecule has 2 aromatic rings. The molecule has 10 nitrogen and oxygen atoms in total. The summed E-state index contributed by atoms with van der Waals surface area (Å²) >= 11 is 0. The summed E-state index contributed by atoms with van der Waals surface area (Å²) in [5, 5.41) is 20.6. The van der Waals surface area contributed by atoms with Gasteiger partial charge in [0.2, 0.25) is 5.91 Å². The number of hydrogen-bond acceptors (Lipinski definition) is 7. The van der Waals surface area contributed by atoms with Crippen LogP contribution >= 0.6 is 0 Å². The second-order valence-corrected chi connectivity index (χ2v) is 6.62. The molecule has 3 rings (SSSR count). The molecular weight excluding hydrogens is 366 g/mol. The van der Waals surface area contributed by atoms with Gasteiger partial charge in [0.15, 0.2) is 0 Å². The molecule has 1 fully saturated rings.